The van der Waals surface area contributed by atoms with E-state index in [0.29, 0.717) is 0 Å². The topological polar surface area (TPSA) is 211 Å². The lowest BCUT2D eigenvalue weighted by Crippen LogP contribution is -2.58. The second-order valence-electron chi connectivity index (χ2n) is 4.07. The molecule has 0 aromatic carbocycles. The Kier molecular flexibility index (Phi) is 8.44. The fourth-order valence-electron chi connectivity index (χ4n) is 1.29. The fraction of sp³-hybridized carbons (Fsp3) is 0.600. The van der Waals surface area contributed by atoms with Crippen LogP contribution in [-0.2, 0) is 14.4 Å². The van der Waals surface area contributed by atoms with E-state index >= 15 is 0 Å². The van der Waals surface area contributed by atoms with Crippen LogP contribution in [-0.4, -0.2) is 82.2 Å². The van der Waals surface area contributed by atoms with Crippen LogP contribution >= 0.6 is 0 Å². The molecule has 0 saturated carbocycles. The van der Waals surface area contributed by atoms with Crippen LogP contribution in [0.2, 0.25) is 0 Å². The van der Waals surface area contributed by atoms with Crippen LogP contribution in [0.4, 0.5) is 4.79 Å². The molecular weight excluding hydrogens is 304 g/mol. The zero-order valence-corrected chi connectivity index (χ0v) is 11.4. The van der Waals surface area contributed by atoms with E-state index in [2.05, 4.69) is 0 Å². The van der Waals surface area contributed by atoms with Gasteiger partial charge >= 0.3 is 6.09 Å². The first-order valence-electron chi connectivity index (χ1n) is 5.98. The van der Waals surface area contributed by atoms with Crippen LogP contribution in [0.15, 0.2) is 0 Å². The van der Waals surface area contributed by atoms with Gasteiger partial charge in [-0.25, -0.2) is 4.79 Å². The van der Waals surface area contributed by atoms with Crippen LogP contribution in [0.25, 0.3) is 0 Å². The summed E-state index contributed by atoms with van der Waals surface area (Å²) in [6, 6.07) is -4.50. The van der Waals surface area contributed by atoms with Crippen molar-refractivity contribution in [3.8, 4) is 0 Å². The zero-order chi connectivity index (χ0) is 17.3. The number of rotatable bonds is 9. The highest BCUT2D eigenvalue weighted by atomic mass is 16.4. The van der Waals surface area contributed by atoms with Crippen molar-refractivity contribution in [2.45, 2.75) is 18.1 Å². The number of carbonyl (C=O) groups excluding carboxylic acids is 3. The third-order valence-electron chi connectivity index (χ3n) is 2.45. The number of aliphatic hydroxyl groups is 3. The van der Waals surface area contributed by atoms with Crippen molar-refractivity contribution in [3.05, 3.63) is 0 Å². The molecule has 22 heavy (non-hydrogen) atoms. The minimum atomic E-state index is -1.58. The molecule has 3 atom stereocenters. The maximum absolute atomic E-state index is 11.7. The second-order valence-corrected chi connectivity index (χ2v) is 4.07. The molecule has 12 heteroatoms. The number of carbonyl (C=O) groups is 4. The summed E-state index contributed by atoms with van der Waals surface area (Å²) < 4.78 is 0. The summed E-state index contributed by atoms with van der Waals surface area (Å²) in [6.07, 6.45) is -1.58. The Hall–Kier alpha value is -2.44. The molecule has 0 heterocycles. The first-order chi connectivity index (χ1) is 10.3. The van der Waals surface area contributed by atoms with E-state index in [9.17, 15) is 19.2 Å². The molecule has 0 aromatic heterocycles. The minimum Gasteiger partial charge on any atom is -0.465 e. The molecule has 0 bridgehead atoms. The Morgan fingerprint density at radius 3 is 1.45 bits per heavy atom. The molecular formula is C10H18N4O8. The van der Waals surface area contributed by atoms with Gasteiger partial charge in [-0.2, -0.15) is 0 Å². The number of carboxylic acid groups (broad SMARTS) is 1. The van der Waals surface area contributed by atoms with Crippen molar-refractivity contribution in [2.24, 2.45) is 5.73 Å². The molecule has 9 N–H and O–H groups in total. The van der Waals surface area contributed by atoms with Crippen LogP contribution in [0.3, 0.4) is 0 Å². The van der Waals surface area contributed by atoms with Gasteiger partial charge in [0.15, 0.2) is 0 Å². The number of primary amides is 1. The Balaban J connectivity index is 4.75. The lowest BCUT2D eigenvalue weighted by Gasteiger charge is -2.21. The summed E-state index contributed by atoms with van der Waals surface area (Å²) in [5, 5.41) is 40.9. The van der Waals surface area contributed by atoms with Crippen LogP contribution in [0.1, 0.15) is 0 Å². The molecule has 0 aliphatic heterocycles. The molecule has 0 unspecified atom stereocenters. The first-order valence-corrected chi connectivity index (χ1v) is 5.98. The highest BCUT2D eigenvalue weighted by molar-refractivity contribution is 5.93. The average Bonchev–Trinajstić information content (AvgIpc) is 2.46. The molecule has 0 saturated heterocycles. The largest absolute Gasteiger partial charge is 0.465 e. The third kappa shape index (κ3) is 6.34. The van der Waals surface area contributed by atoms with Crippen LogP contribution in [0.5, 0.6) is 0 Å². The van der Waals surface area contributed by atoms with Gasteiger partial charge in [0.25, 0.3) is 0 Å². The van der Waals surface area contributed by atoms with Gasteiger partial charge in [0.1, 0.15) is 18.1 Å². The maximum atomic E-state index is 11.7. The maximum Gasteiger partial charge on any atom is 0.405 e. The molecule has 4 amide bonds. The van der Waals surface area contributed by atoms with Crippen molar-refractivity contribution in [3.63, 3.8) is 0 Å². The molecule has 0 fully saturated rings. The minimum absolute atomic E-state index is 0.785. The molecule has 0 spiro atoms. The van der Waals surface area contributed by atoms with Crippen molar-refractivity contribution in [1.82, 2.24) is 16.0 Å². The van der Waals surface area contributed by atoms with Gasteiger partial charge < -0.3 is 42.1 Å². The average molecular weight is 322 g/mol. The quantitative estimate of drug-likeness (QED) is 0.205. The van der Waals surface area contributed by atoms with E-state index in [-0.39, 0.29) is 0 Å². The molecule has 0 rings (SSSR count). The Morgan fingerprint density at radius 2 is 1.14 bits per heavy atom. The van der Waals surface area contributed by atoms with Gasteiger partial charge in [-0.15, -0.1) is 0 Å². The Bertz CT molecular complexity index is 429. The van der Waals surface area contributed by atoms with Crippen molar-refractivity contribution in [2.75, 3.05) is 19.8 Å². The number of nitrogens with two attached hydrogens (primary N) is 1. The van der Waals surface area contributed by atoms with E-state index < -0.39 is 61.8 Å². The fourth-order valence-corrected chi connectivity index (χ4v) is 1.29. The van der Waals surface area contributed by atoms with Gasteiger partial charge in [-0.3, -0.25) is 14.4 Å². The van der Waals surface area contributed by atoms with Crippen molar-refractivity contribution >= 4 is 23.8 Å². The number of amides is 4. The Labute approximate surface area is 124 Å². The lowest BCUT2D eigenvalue weighted by molar-refractivity contribution is -0.133. The summed E-state index contributed by atoms with van der Waals surface area (Å²) in [4.78, 5) is 44.6. The summed E-state index contributed by atoms with van der Waals surface area (Å²) in [5.74, 6) is -3.13. The third-order valence-corrected chi connectivity index (χ3v) is 2.45. The second kappa shape index (κ2) is 9.49. The van der Waals surface area contributed by atoms with E-state index in [4.69, 9.17) is 26.2 Å². The predicted molar refractivity (Wildman–Crippen MR) is 69.3 cm³/mol. The Morgan fingerprint density at radius 1 is 0.773 bits per heavy atom. The SMILES string of the molecule is NC(=O)[C@H](CO)NC(=O)[C@H](CO)NC(=O)[C@H](CO)NC(=O)O. The van der Waals surface area contributed by atoms with Crippen molar-refractivity contribution < 1.29 is 39.6 Å². The summed E-state index contributed by atoms with van der Waals surface area (Å²) in [5.41, 5.74) is 4.89. The monoisotopic (exact) mass is 322 g/mol. The van der Waals surface area contributed by atoms with Gasteiger partial charge in [-0.05, 0) is 0 Å². The van der Waals surface area contributed by atoms with Crippen molar-refractivity contribution in [1.29, 1.82) is 0 Å². The van der Waals surface area contributed by atoms with E-state index in [1.54, 1.807) is 5.32 Å². The molecule has 0 aliphatic rings. The summed E-state index contributed by atoms with van der Waals surface area (Å²) in [7, 11) is 0. The summed E-state index contributed by atoms with van der Waals surface area (Å²) >= 11 is 0. The van der Waals surface area contributed by atoms with Crippen LogP contribution < -0.4 is 21.7 Å². The highest BCUT2D eigenvalue weighted by Gasteiger charge is 2.28. The zero-order valence-electron chi connectivity index (χ0n) is 11.4. The number of aliphatic hydroxyl groups excluding tert-OH is 3. The number of hydrogen-bond acceptors (Lipinski definition) is 7. The normalized spacial score (nSPS) is 14.3. The predicted octanol–water partition coefficient (Wildman–Crippen LogP) is -4.95. The van der Waals surface area contributed by atoms with Gasteiger partial charge in [0.2, 0.25) is 17.7 Å². The highest BCUT2D eigenvalue weighted by Crippen LogP contribution is 1.91. The van der Waals surface area contributed by atoms with Gasteiger partial charge in [0, 0.05) is 0 Å². The van der Waals surface area contributed by atoms with Crippen LogP contribution in [0, 0.1) is 0 Å². The summed E-state index contributed by atoms with van der Waals surface area (Å²) in [6.45, 7) is -2.54. The smallest absolute Gasteiger partial charge is 0.405 e. The van der Waals surface area contributed by atoms with E-state index in [1.807, 2.05) is 10.6 Å². The molecule has 126 valence electrons. The lowest BCUT2D eigenvalue weighted by atomic mass is 10.2. The van der Waals surface area contributed by atoms with E-state index in [0.717, 1.165) is 0 Å². The molecule has 0 aliphatic carbocycles. The van der Waals surface area contributed by atoms with E-state index in [1.165, 1.54) is 0 Å². The van der Waals surface area contributed by atoms with Gasteiger partial charge in [-0.1, -0.05) is 0 Å². The first kappa shape index (κ1) is 19.6. The molecule has 0 radical (unpaired) electrons. The van der Waals surface area contributed by atoms with Gasteiger partial charge in [0.05, 0.1) is 19.8 Å². The molecule has 12 nitrogen and oxygen atoms in total. The standard InChI is InChI=1S/C10H18N4O8/c11-7(18)4(1-15)12-8(19)5(2-16)13-9(20)6(3-17)14-10(21)22/h4-6,14-17H,1-3H2,(H2,11,18)(H,12,19)(H,13,20)(H,21,22)/t4-,5-,6-/m0/s1. The number of hydrogen-bond donors (Lipinski definition) is 8. The number of nitrogens with one attached hydrogen (secondary N) is 3. The molecule has 0 aromatic rings.